The van der Waals surface area contributed by atoms with Crippen molar-refractivity contribution in [2.24, 2.45) is 0 Å². The largest absolute Gasteiger partial charge is 1.00 e. The molecule has 0 heterocycles. The third-order valence-electron chi connectivity index (χ3n) is 0.447. The molecule has 0 unspecified atom stereocenters. The van der Waals surface area contributed by atoms with Crippen LogP contribution in [0.3, 0.4) is 0 Å². The van der Waals surface area contributed by atoms with Gasteiger partial charge in [-0.3, -0.25) is 0 Å². The molecule has 0 saturated heterocycles. The Morgan fingerprint density at radius 2 is 1.67 bits per heavy atom. The molecule has 0 fully saturated rings. The molecule has 0 aromatic rings. The van der Waals surface area contributed by atoms with Crippen LogP contribution in [0.5, 0.6) is 0 Å². The zero-order chi connectivity index (χ0) is 4.28. The van der Waals surface area contributed by atoms with E-state index in [1.165, 1.54) is 0 Å². The molecule has 0 aromatic heterocycles. The maximum atomic E-state index is 3.71. The molecular formula is C4H10LiP. The molecule has 0 nitrogen and oxygen atoms in total. The van der Waals surface area contributed by atoms with E-state index in [2.05, 4.69) is 20.3 Å². The second-order valence-electron chi connectivity index (χ2n) is 1.30. The van der Waals surface area contributed by atoms with Gasteiger partial charge in [0.1, 0.15) is 0 Å². The van der Waals surface area contributed by atoms with E-state index < -0.39 is 0 Å². The summed E-state index contributed by atoms with van der Waals surface area (Å²) in [7, 11) is 0.291. The number of hydrogen-bond donors (Lipinski definition) is 0. The molecule has 0 N–H and O–H groups in total. The molecule has 32 valence electrons. The summed E-state index contributed by atoms with van der Waals surface area (Å²) in [6.07, 6.45) is 1.12. The first kappa shape index (κ1) is 10.1. The van der Waals surface area contributed by atoms with Gasteiger partial charge in [-0.05, 0) is 13.3 Å². The van der Waals surface area contributed by atoms with Crippen LogP contribution in [0.15, 0.2) is 0 Å². The quantitative estimate of drug-likeness (QED) is 0.213. The average Bonchev–Trinajstić information content (AvgIpc) is 1.38. The Bertz CT molecular complexity index is 21.5. The van der Waals surface area contributed by atoms with Gasteiger partial charge >= 0.3 is 18.9 Å². The molecule has 2 heteroatoms. The topological polar surface area (TPSA) is 0 Å². The number of rotatable bonds is 1. The third-order valence-corrected chi connectivity index (χ3v) is 1.34. The molecule has 0 radical (unpaired) electrons. The van der Waals surface area contributed by atoms with Crippen molar-refractivity contribution in [1.82, 2.24) is 0 Å². The van der Waals surface area contributed by atoms with Gasteiger partial charge in [0, 0.05) is 0 Å². The van der Waals surface area contributed by atoms with Crippen LogP contribution in [-0.4, -0.2) is 19.5 Å². The average molecular weight is 96.0 g/mol. The van der Waals surface area contributed by atoms with E-state index in [1.54, 1.807) is 0 Å². The Labute approximate surface area is 53.6 Å². The van der Waals surface area contributed by atoms with Crippen molar-refractivity contribution in [2.75, 3.05) is 19.5 Å². The minimum atomic E-state index is 0. The Hall–Kier alpha value is 1.03. The minimum absolute atomic E-state index is 0. The normalized spacial score (nSPS) is 8.00. The first-order valence-electron chi connectivity index (χ1n) is 1.71. The summed E-state index contributed by atoms with van der Waals surface area (Å²) in [6.45, 7) is 8.16. The smallest absolute Gasteiger partial charge is 0.339 e. The summed E-state index contributed by atoms with van der Waals surface area (Å²) >= 11 is 0. The van der Waals surface area contributed by atoms with E-state index in [-0.39, 0.29) is 18.9 Å². The molecule has 0 aliphatic carbocycles. The van der Waals surface area contributed by atoms with Crippen molar-refractivity contribution in [3.05, 3.63) is 6.92 Å². The number of hydrogen-bond acceptors (Lipinski definition) is 0. The van der Waals surface area contributed by atoms with E-state index in [0.29, 0.717) is 7.92 Å². The molecule has 6 heavy (non-hydrogen) atoms. The summed E-state index contributed by atoms with van der Waals surface area (Å²) in [5, 5.41) is 0. The minimum Gasteiger partial charge on any atom is -0.339 e. The van der Waals surface area contributed by atoms with E-state index >= 15 is 0 Å². The van der Waals surface area contributed by atoms with Crippen LogP contribution >= 0.6 is 7.92 Å². The van der Waals surface area contributed by atoms with Crippen molar-refractivity contribution in [1.29, 1.82) is 0 Å². The second-order valence-corrected chi connectivity index (χ2v) is 3.91. The fourth-order valence-corrected chi connectivity index (χ4v) is 0. The second kappa shape index (κ2) is 6.03. The zero-order valence-corrected chi connectivity index (χ0v) is 5.76. The first-order valence-corrected chi connectivity index (χ1v) is 4.13. The fourth-order valence-electron chi connectivity index (χ4n) is 0. The molecule has 0 atom stereocenters. The summed E-state index contributed by atoms with van der Waals surface area (Å²) in [4.78, 5) is 0. The molecule has 0 bridgehead atoms. The van der Waals surface area contributed by atoms with Crippen LogP contribution in [0.25, 0.3) is 0 Å². The van der Waals surface area contributed by atoms with Gasteiger partial charge in [-0.2, -0.15) is 6.16 Å². The van der Waals surface area contributed by atoms with Gasteiger partial charge in [-0.1, -0.05) is 0 Å². The van der Waals surface area contributed by atoms with Crippen molar-refractivity contribution in [2.45, 2.75) is 0 Å². The van der Waals surface area contributed by atoms with Crippen molar-refractivity contribution in [3.8, 4) is 0 Å². The Morgan fingerprint density at radius 3 is 1.67 bits per heavy atom. The van der Waals surface area contributed by atoms with Gasteiger partial charge in [0.15, 0.2) is 0 Å². The third kappa shape index (κ3) is 8.90. The van der Waals surface area contributed by atoms with Gasteiger partial charge in [0.05, 0.1) is 0 Å². The van der Waals surface area contributed by atoms with Crippen LogP contribution in [0, 0.1) is 6.92 Å². The van der Waals surface area contributed by atoms with Gasteiger partial charge < -0.3 is 6.92 Å². The van der Waals surface area contributed by atoms with Crippen LogP contribution < -0.4 is 18.9 Å². The van der Waals surface area contributed by atoms with Crippen LogP contribution in [-0.2, 0) is 0 Å². The summed E-state index contributed by atoms with van der Waals surface area (Å²) in [5.74, 6) is 0. The predicted molar refractivity (Wildman–Crippen MR) is 29.0 cm³/mol. The van der Waals surface area contributed by atoms with Crippen molar-refractivity contribution in [3.63, 3.8) is 0 Å². The Balaban J connectivity index is 0. The molecular weight excluding hydrogens is 86.0 g/mol. The fraction of sp³-hybridized carbons (Fsp3) is 0.750. The van der Waals surface area contributed by atoms with Crippen molar-refractivity contribution >= 4 is 7.92 Å². The van der Waals surface area contributed by atoms with Crippen LogP contribution in [0.4, 0.5) is 0 Å². The summed E-state index contributed by atoms with van der Waals surface area (Å²) in [6, 6.07) is 0. The van der Waals surface area contributed by atoms with Gasteiger partial charge in [-0.15, -0.1) is 7.92 Å². The molecule has 0 spiro atoms. The van der Waals surface area contributed by atoms with E-state index in [0.717, 1.165) is 6.16 Å². The van der Waals surface area contributed by atoms with Crippen molar-refractivity contribution < 1.29 is 18.9 Å². The molecule has 0 aromatic carbocycles. The zero-order valence-electron chi connectivity index (χ0n) is 4.86. The molecule has 0 rings (SSSR count). The Kier molecular flexibility index (Phi) is 10.1. The Morgan fingerprint density at radius 1 is 1.50 bits per heavy atom. The SMILES string of the molecule is [CH2-]CP(C)C.[Li+]. The van der Waals surface area contributed by atoms with Gasteiger partial charge in [0.25, 0.3) is 0 Å². The predicted octanol–water partition coefficient (Wildman–Crippen LogP) is -1.43. The first-order chi connectivity index (χ1) is 2.27. The summed E-state index contributed by atoms with van der Waals surface area (Å²) < 4.78 is 0. The monoisotopic (exact) mass is 96.1 g/mol. The maximum absolute atomic E-state index is 3.71. The summed E-state index contributed by atoms with van der Waals surface area (Å²) in [5.41, 5.74) is 0. The van der Waals surface area contributed by atoms with E-state index in [9.17, 15) is 0 Å². The standard InChI is InChI=1S/C4H10P.Li/c1-4-5(2)3;/h1,4H2,2-3H3;/q-1;+1. The van der Waals surface area contributed by atoms with E-state index in [1.807, 2.05) is 0 Å². The molecule has 0 saturated carbocycles. The van der Waals surface area contributed by atoms with Crippen LogP contribution in [0.1, 0.15) is 0 Å². The van der Waals surface area contributed by atoms with E-state index in [4.69, 9.17) is 0 Å². The van der Waals surface area contributed by atoms with Gasteiger partial charge in [-0.25, -0.2) is 0 Å². The molecule has 0 aliphatic heterocycles. The van der Waals surface area contributed by atoms with Gasteiger partial charge in [0.2, 0.25) is 0 Å². The maximum Gasteiger partial charge on any atom is 1.00 e. The molecule has 0 amide bonds. The molecule has 0 aliphatic rings. The van der Waals surface area contributed by atoms with Crippen LogP contribution in [0.2, 0.25) is 0 Å².